The van der Waals surface area contributed by atoms with Gasteiger partial charge in [-0.1, -0.05) is 19.9 Å². The van der Waals surface area contributed by atoms with Crippen LogP contribution in [0.15, 0.2) is 18.2 Å². The van der Waals surface area contributed by atoms with Gasteiger partial charge in [0.2, 0.25) is 22.7 Å². The van der Waals surface area contributed by atoms with E-state index >= 15 is 0 Å². The SMILES string of the molecule is CC(C)(CNC(=O)C1CCCN(S(C)(=O)=O)C1)c1ccc2c(c1)OCO2. The van der Waals surface area contributed by atoms with Gasteiger partial charge in [0.1, 0.15) is 0 Å². The molecule has 144 valence electrons. The van der Waals surface area contributed by atoms with Gasteiger partial charge in [0.25, 0.3) is 0 Å². The number of hydrogen-bond donors (Lipinski definition) is 1. The highest BCUT2D eigenvalue weighted by atomic mass is 32.2. The average molecular weight is 382 g/mol. The Kier molecular flexibility index (Phi) is 5.16. The van der Waals surface area contributed by atoms with Gasteiger partial charge < -0.3 is 14.8 Å². The van der Waals surface area contributed by atoms with E-state index < -0.39 is 10.0 Å². The van der Waals surface area contributed by atoms with Gasteiger partial charge in [-0.2, -0.15) is 0 Å². The first-order valence-corrected chi connectivity index (χ1v) is 10.6. The lowest BCUT2D eigenvalue weighted by molar-refractivity contribution is -0.126. The molecule has 0 aromatic heterocycles. The van der Waals surface area contributed by atoms with Crippen molar-refractivity contribution in [3.63, 3.8) is 0 Å². The molecule has 1 fully saturated rings. The molecule has 0 radical (unpaired) electrons. The molecule has 8 heteroatoms. The fourth-order valence-corrected chi connectivity index (χ4v) is 4.24. The summed E-state index contributed by atoms with van der Waals surface area (Å²) in [6.07, 6.45) is 2.61. The topological polar surface area (TPSA) is 84.9 Å². The Morgan fingerprint density at radius 3 is 2.77 bits per heavy atom. The first kappa shape index (κ1) is 19.0. The van der Waals surface area contributed by atoms with E-state index in [0.717, 1.165) is 17.1 Å². The summed E-state index contributed by atoms with van der Waals surface area (Å²) in [5.41, 5.74) is 0.755. The maximum absolute atomic E-state index is 12.6. The Balaban J connectivity index is 1.61. The third kappa shape index (κ3) is 4.12. The van der Waals surface area contributed by atoms with Crippen LogP contribution in [0.25, 0.3) is 0 Å². The van der Waals surface area contributed by atoms with Crippen molar-refractivity contribution in [3.05, 3.63) is 23.8 Å². The fourth-order valence-electron chi connectivity index (χ4n) is 3.33. The number of rotatable bonds is 5. The van der Waals surface area contributed by atoms with E-state index in [4.69, 9.17) is 9.47 Å². The van der Waals surface area contributed by atoms with Gasteiger partial charge in [-0.15, -0.1) is 0 Å². The first-order valence-electron chi connectivity index (χ1n) is 8.80. The summed E-state index contributed by atoms with van der Waals surface area (Å²) >= 11 is 0. The Hall–Kier alpha value is -1.80. The molecule has 2 heterocycles. The van der Waals surface area contributed by atoms with Crippen molar-refractivity contribution in [2.75, 3.05) is 32.7 Å². The monoisotopic (exact) mass is 382 g/mol. The van der Waals surface area contributed by atoms with Crippen LogP contribution in [0.1, 0.15) is 32.3 Å². The Labute approximate surface area is 154 Å². The van der Waals surface area contributed by atoms with Crippen LogP contribution in [0.3, 0.4) is 0 Å². The molecular formula is C18H26N2O5S. The summed E-state index contributed by atoms with van der Waals surface area (Å²) in [5, 5.41) is 3.00. The summed E-state index contributed by atoms with van der Waals surface area (Å²) in [5.74, 6) is 1.06. The van der Waals surface area contributed by atoms with E-state index in [0.29, 0.717) is 25.9 Å². The zero-order valence-electron chi connectivity index (χ0n) is 15.4. The quantitative estimate of drug-likeness (QED) is 0.834. The maximum atomic E-state index is 12.6. The number of amides is 1. The second-order valence-electron chi connectivity index (χ2n) is 7.63. The molecule has 1 atom stereocenters. The highest BCUT2D eigenvalue weighted by molar-refractivity contribution is 7.88. The number of carbonyl (C=O) groups excluding carboxylic acids is 1. The minimum atomic E-state index is -3.26. The van der Waals surface area contributed by atoms with E-state index in [1.807, 2.05) is 18.2 Å². The average Bonchev–Trinajstić information content (AvgIpc) is 3.07. The minimum Gasteiger partial charge on any atom is -0.454 e. The molecular weight excluding hydrogens is 356 g/mol. The van der Waals surface area contributed by atoms with Gasteiger partial charge >= 0.3 is 0 Å². The molecule has 1 saturated heterocycles. The van der Waals surface area contributed by atoms with Crippen LogP contribution < -0.4 is 14.8 Å². The standard InChI is InChI=1S/C18H26N2O5S/c1-18(2,14-6-7-15-16(9-14)25-12-24-15)11-19-17(21)13-5-4-8-20(10-13)26(3,22)23/h6-7,9,13H,4-5,8,10-12H2,1-3H3,(H,19,21). The van der Waals surface area contributed by atoms with Crippen LogP contribution in [0.2, 0.25) is 0 Å². The molecule has 3 rings (SSSR count). The largest absolute Gasteiger partial charge is 0.454 e. The minimum absolute atomic E-state index is 0.0906. The first-order chi connectivity index (χ1) is 12.2. The van der Waals surface area contributed by atoms with Crippen LogP contribution in [0.4, 0.5) is 0 Å². The molecule has 26 heavy (non-hydrogen) atoms. The number of hydrogen-bond acceptors (Lipinski definition) is 5. The van der Waals surface area contributed by atoms with Crippen LogP contribution in [0, 0.1) is 5.92 Å². The zero-order valence-corrected chi connectivity index (χ0v) is 16.3. The van der Waals surface area contributed by atoms with Crippen LogP contribution >= 0.6 is 0 Å². The van der Waals surface area contributed by atoms with E-state index in [1.54, 1.807) is 0 Å². The number of ether oxygens (including phenoxy) is 2. The molecule has 7 nitrogen and oxygen atoms in total. The normalized spacial score (nSPS) is 20.8. The van der Waals surface area contributed by atoms with Gasteiger partial charge in [-0.3, -0.25) is 4.79 Å². The van der Waals surface area contributed by atoms with Crippen molar-refractivity contribution in [1.29, 1.82) is 0 Å². The molecule has 2 aliphatic rings. The molecule has 1 aromatic carbocycles. The van der Waals surface area contributed by atoms with Gasteiger partial charge in [0.05, 0.1) is 12.2 Å². The third-order valence-electron chi connectivity index (χ3n) is 5.08. The zero-order chi connectivity index (χ0) is 18.9. The maximum Gasteiger partial charge on any atom is 0.231 e. The van der Waals surface area contributed by atoms with E-state index in [1.165, 1.54) is 10.6 Å². The van der Waals surface area contributed by atoms with Crippen molar-refractivity contribution < 1.29 is 22.7 Å². The van der Waals surface area contributed by atoms with Crippen molar-refractivity contribution >= 4 is 15.9 Å². The highest BCUT2D eigenvalue weighted by Gasteiger charge is 2.31. The van der Waals surface area contributed by atoms with Gasteiger partial charge in [0.15, 0.2) is 11.5 Å². The Morgan fingerprint density at radius 2 is 2.04 bits per heavy atom. The van der Waals surface area contributed by atoms with Crippen molar-refractivity contribution in [3.8, 4) is 11.5 Å². The van der Waals surface area contributed by atoms with Gasteiger partial charge in [-0.25, -0.2) is 12.7 Å². The molecule has 1 amide bonds. The molecule has 0 spiro atoms. The fraction of sp³-hybridized carbons (Fsp3) is 0.611. The molecule has 1 N–H and O–H groups in total. The third-order valence-corrected chi connectivity index (χ3v) is 6.35. The van der Waals surface area contributed by atoms with Crippen molar-refractivity contribution in [2.24, 2.45) is 5.92 Å². The van der Waals surface area contributed by atoms with Gasteiger partial charge in [-0.05, 0) is 30.5 Å². The van der Waals surface area contributed by atoms with Crippen LogP contribution in [-0.2, 0) is 20.2 Å². The predicted molar refractivity (Wildman–Crippen MR) is 97.7 cm³/mol. The lowest BCUT2D eigenvalue weighted by atomic mass is 9.84. The van der Waals surface area contributed by atoms with E-state index in [-0.39, 0.29) is 30.6 Å². The Bertz CT molecular complexity index is 791. The predicted octanol–water partition coefficient (Wildman–Crippen LogP) is 1.48. The molecule has 0 bridgehead atoms. The number of benzene rings is 1. The number of carbonyl (C=O) groups is 1. The number of fused-ring (bicyclic) bond motifs is 1. The second-order valence-corrected chi connectivity index (χ2v) is 9.61. The summed E-state index contributed by atoms with van der Waals surface area (Å²) in [4.78, 5) is 12.6. The lowest BCUT2D eigenvalue weighted by Crippen LogP contribution is -2.47. The summed E-state index contributed by atoms with van der Waals surface area (Å²) in [7, 11) is -3.26. The smallest absolute Gasteiger partial charge is 0.231 e. The van der Waals surface area contributed by atoms with E-state index in [9.17, 15) is 13.2 Å². The second kappa shape index (κ2) is 7.08. The number of piperidine rings is 1. The van der Waals surface area contributed by atoms with Gasteiger partial charge in [0, 0.05) is 25.0 Å². The number of nitrogens with one attached hydrogen (secondary N) is 1. The molecule has 1 unspecified atom stereocenters. The molecule has 1 aromatic rings. The summed E-state index contributed by atoms with van der Waals surface area (Å²) in [6.45, 7) is 5.54. The number of sulfonamides is 1. The van der Waals surface area contributed by atoms with Crippen LogP contribution in [-0.4, -0.2) is 51.3 Å². The highest BCUT2D eigenvalue weighted by Crippen LogP contribution is 2.36. The van der Waals surface area contributed by atoms with Crippen molar-refractivity contribution in [1.82, 2.24) is 9.62 Å². The van der Waals surface area contributed by atoms with E-state index in [2.05, 4.69) is 19.2 Å². The summed E-state index contributed by atoms with van der Waals surface area (Å²) < 4.78 is 35.6. The van der Waals surface area contributed by atoms with Crippen molar-refractivity contribution in [2.45, 2.75) is 32.1 Å². The van der Waals surface area contributed by atoms with Crippen LogP contribution in [0.5, 0.6) is 11.5 Å². The number of nitrogens with zero attached hydrogens (tertiary/aromatic N) is 1. The molecule has 0 saturated carbocycles. The lowest BCUT2D eigenvalue weighted by Gasteiger charge is -2.31. The summed E-state index contributed by atoms with van der Waals surface area (Å²) in [6, 6.07) is 5.80. The molecule has 0 aliphatic carbocycles. The molecule has 2 aliphatic heterocycles. The Morgan fingerprint density at radius 1 is 1.31 bits per heavy atom.